The van der Waals surface area contributed by atoms with Gasteiger partial charge in [-0.15, -0.1) is 10.2 Å². The fraction of sp³-hybridized carbons (Fsp3) is 0.414. The third-order valence-corrected chi connectivity index (χ3v) is 7.87. The first-order chi connectivity index (χ1) is 19.9. The van der Waals surface area contributed by atoms with E-state index in [9.17, 15) is 4.79 Å². The molecule has 1 atom stereocenters. The highest BCUT2D eigenvalue weighted by Gasteiger charge is 2.35. The standard InChI is InChI=1S/C29H35N9O3/c1-5-23-27-35-34-18(2)38(27)24-15-30-29(33-26(24)37(23)16-19-10-13-41-17-19)32-22-7-6-20(14-25(22)40-4)28(39)31-21-8-11-36(3)12-9-21/h6-7,10,13-15,17,21,23H,5,8-9,11-12,16H2,1-4H3,(H,31,39)(H,30,32,33)/t23-/m1/s1. The van der Waals surface area contributed by atoms with Crippen molar-refractivity contribution in [3.8, 4) is 11.4 Å². The Balaban J connectivity index is 1.28. The van der Waals surface area contributed by atoms with Crippen molar-refractivity contribution in [2.24, 2.45) is 0 Å². The van der Waals surface area contributed by atoms with Gasteiger partial charge in [-0.3, -0.25) is 9.36 Å². The molecule has 0 bridgehead atoms. The van der Waals surface area contributed by atoms with E-state index in [-0.39, 0.29) is 18.0 Å². The zero-order valence-electron chi connectivity index (χ0n) is 23.8. The monoisotopic (exact) mass is 557 g/mol. The normalized spacial score (nSPS) is 17.2. The number of methoxy groups -OCH3 is 1. The maximum atomic E-state index is 13.0. The molecule has 2 aliphatic heterocycles. The average Bonchev–Trinajstić information content (AvgIpc) is 3.64. The highest BCUT2D eigenvalue weighted by atomic mass is 16.5. The van der Waals surface area contributed by atoms with Crippen molar-refractivity contribution in [3.63, 3.8) is 0 Å². The lowest BCUT2D eigenvalue weighted by Crippen LogP contribution is -2.43. The Morgan fingerprint density at radius 2 is 2.02 bits per heavy atom. The average molecular weight is 558 g/mol. The van der Waals surface area contributed by atoms with Crippen LogP contribution >= 0.6 is 0 Å². The van der Waals surface area contributed by atoms with E-state index in [4.69, 9.17) is 14.1 Å². The number of amides is 1. The van der Waals surface area contributed by atoms with Crippen LogP contribution in [0.25, 0.3) is 5.69 Å². The number of aryl methyl sites for hydroxylation is 1. The first kappa shape index (κ1) is 26.8. The lowest BCUT2D eigenvalue weighted by atomic mass is 10.0. The fourth-order valence-corrected chi connectivity index (χ4v) is 5.62. The second-order valence-electron chi connectivity index (χ2n) is 10.6. The van der Waals surface area contributed by atoms with Gasteiger partial charge in [-0.25, -0.2) is 4.98 Å². The molecule has 1 saturated heterocycles. The molecule has 2 N–H and O–H groups in total. The van der Waals surface area contributed by atoms with Crippen molar-refractivity contribution in [2.75, 3.05) is 37.5 Å². The molecular formula is C29H35N9O3. The molecular weight excluding hydrogens is 522 g/mol. The molecule has 5 heterocycles. The Labute approximate surface area is 238 Å². The van der Waals surface area contributed by atoms with Gasteiger partial charge in [0.25, 0.3) is 5.91 Å². The number of carbonyl (C=O) groups excluding carboxylic acids is 1. The number of piperidine rings is 1. The number of nitrogens with one attached hydrogen (secondary N) is 2. The van der Waals surface area contributed by atoms with Gasteiger partial charge in [0.05, 0.1) is 37.6 Å². The van der Waals surface area contributed by atoms with Gasteiger partial charge in [-0.1, -0.05) is 6.92 Å². The van der Waals surface area contributed by atoms with Gasteiger partial charge < -0.3 is 29.6 Å². The molecule has 1 amide bonds. The minimum absolute atomic E-state index is 0.0294. The molecule has 1 aromatic carbocycles. The Kier molecular flexibility index (Phi) is 7.31. The molecule has 0 unspecified atom stereocenters. The molecule has 12 nitrogen and oxygen atoms in total. The molecule has 0 radical (unpaired) electrons. The van der Waals surface area contributed by atoms with Crippen molar-refractivity contribution in [1.82, 2.24) is 34.9 Å². The van der Waals surface area contributed by atoms with Gasteiger partial charge in [-0.05, 0) is 70.6 Å². The van der Waals surface area contributed by atoms with E-state index in [1.165, 1.54) is 0 Å². The van der Waals surface area contributed by atoms with Crippen LogP contribution < -0.4 is 20.3 Å². The Hall–Kier alpha value is -4.45. The van der Waals surface area contributed by atoms with Gasteiger partial charge in [0.1, 0.15) is 17.3 Å². The Morgan fingerprint density at radius 3 is 2.76 bits per heavy atom. The molecule has 41 heavy (non-hydrogen) atoms. The first-order valence-electron chi connectivity index (χ1n) is 14.0. The highest BCUT2D eigenvalue weighted by molar-refractivity contribution is 5.95. The molecule has 2 aliphatic rings. The lowest BCUT2D eigenvalue weighted by Gasteiger charge is -2.37. The molecule has 0 aliphatic carbocycles. The van der Waals surface area contributed by atoms with Gasteiger partial charge in [-0.2, -0.15) is 4.98 Å². The van der Waals surface area contributed by atoms with Crippen LogP contribution in [0.15, 0.2) is 47.4 Å². The van der Waals surface area contributed by atoms with E-state index in [1.807, 2.05) is 23.6 Å². The molecule has 0 spiro atoms. The smallest absolute Gasteiger partial charge is 0.251 e. The van der Waals surface area contributed by atoms with Gasteiger partial charge in [0.15, 0.2) is 11.6 Å². The summed E-state index contributed by atoms with van der Waals surface area (Å²) < 4.78 is 13.0. The summed E-state index contributed by atoms with van der Waals surface area (Å²) in [7, 11) is 3.69. The molecule has 3 aromatic heterocycles. The van der Waals surface area contributed by atoms with E-state index >= 15 is 0 Å². The highest BCUT2D eigenvalue weighted by Crippen LogP contribution is 2.40. The summed E-state index contributed by atoms with van der Waals surface area (Å²) >= 11 is 0. The number of benzene rings is 1. The van der Waals surface area contributed by atoms with Crippen LogP contribution in [-0.4, -0.2) is 68.8 Å². The summed E-state index contributed by atoms with van der Waals surface area (Å²) in [6.07, 6.45) is 7.91. The Morgan fingerprint density at radius 1 is 1.20 bits per heavy atom. The number of carbonyl (C=O) groups is 1. The summed E-state index contributed by atoms with van der Waals surface area (Å²) in [5.74, 6) is 3.24. The molecule has 6 rings (SSSR count). The van der Waals surface area contributed by atoms with Crippen molar-refractivity contribution in [3.05, 3.63) is 65.8 Å². The fourth-order valence-electron chi connectivity index (χ4n) is 5.62. The van der Waals surface area contributed by atoms with E-state index in [2.05, 4.69) is 49.6 Å². The van der Waals surface area contributed by atoms with Gasteiger partial charge >= 0.3 is 0 Å². The molecule has 0 saturated carbocycles. The van der Waals surface area contributed by atoms with Crippen LogP contribution in [-0.2, 0) is 6.54 Å². The lowest BCUT2D eigenvalue weighted by molar-refractivity contribution is 0.0916. The van der Waals surface area contributed by atoms with Crippen LogP contribution in [0.4, 0.5) is 17.5 Å². The number of anilines is 3. The number of nitrogens with zero attached hydrogens (tertiary/aromatic N) is 7. The summed E-state index contributed by atoms with van der Waals surface area (Å²) in [5, 5.41) is 15.3. The number of furan rings is 1. The van der Waals surface area contributed by atoms with Crippen molar-refractivity contribution in [2.45, 2.75) is 51.7 Å². The van der Waals surface area contributed by atoms with Gasteiger partial charge in [0, 0.05) is 23.7 Å². The van der Waals surface area contributed by atoms with E-state index in [0.29, 0.717) is 29.5 Å². The number of hydrogen-bond donors (Lipinski definition) is 2. The molecule has 12 heteroatoms. The largest absolute Gasteiger partial charge is 0.495 e. The minimum Gasteiger partial charge on any atom is -0.495 e. The number of hydrogen-bond acceptors (Lipinski definition) is 10. The second-order valence-corrected chi connectivity index (χ2v) is 10.6. The first-order valence-corrected chi connectivity index (χ1v) is 14.0. The molecule has 4 aromatic rings. The summed E-state index contributed by atoms with van der Waals surface area (Å²) in [5.41, 5.74) is 3.05. The van der Waals surface area contributed by atoms with Crippen molar-refractivity contribution >= 4 is 23.4 Å². The summed E-state index contributed by atoms with van der Waals surface area (Å²) in [4.78, 5) is 27.1. The number of fused-ring (bicyclic) bond motifs is 3. The predicted molar refractivity (Wildman–Crippen MR) is 154 cm³/mol. The summed E-state index contributed by atoms with van der Waals surface area (Å²) in [6, 6.07) is 7.46. The van der Waals surface area contributed by atoms with Crippen LogP contribution in [0.3, 0.4) is 0 Å². The summed E-state index contributed by atoms with van der Waals surface area (Å²) in [6.45, 7) is 6.61. The molecule has 1 fully saturated rings. The third kappa shape index (κ3) is 5.22. The van der Waals surface area contributed by atoms with E-state index in [1.54, 1.807) is 38.0 Å². The number of likely N-dealkylation sites (tertiary alicyclic amines) is 1. The van der Waals surface area contributed by atoms with Crippen LogP contribution in [0, 0.1) is 6.92 Å². The third-order valence-electron chi connectivity index (χ3n) is 7.87. The van der Waals surface area contributed by atoms with E-state index < -0.39 is 0 Å². The van der Waals surface area contributed by atoms with Gasteiger partial charge in [0.2, 0.25) is 5.95 Å². The zero-order chi connectivity index (χ0) is 28.5. The Bertz CT molecular complexity index is 1530. The van der Waals surface area contributed by atoms with Crippen molar-refractivity contribution < 1.29 is 13.9 Å². The topological polar surface area (TPSA) is 126 Å². The second kappa shape index (κ2) is 11.2. The van der Waals surface area contributed by atoms with Crippen LogP contribution in [0.5, 0.6) is 5.75 Å². The zero-order valence-corrected chi connectivity index (χ0v) is 23.8. The number of aromatic nitrogens is 5. The quantitative estimate of drug-likeness (QED) is 0.328. The van der Waals surface area contributed by atoms with Crippen LogP contribution in [0.2, 0.25) is 0 Å². The van der Waals surface area contributed by atoms with E-state index in [0.717, 1.165) is 61.1 Å². The predicted octanol–water partition coefficient (Wildman–Crippen LogP) is 4.01. The number of ether oxygens (including phenoxy) is 1. The van der Waals surface area contributed by atoms with Crippen molar-refractivity contribution in [1.29, 1.82) is 0 Å². The SMILES string of the molecule is CC[C@@H]1c2nnc(C)n2-c2cnc(Nc3ccc(C(=O)NC4CCN(C)CC4)cc3OC)nc2N1Cc1ccoc1. The maximum Gasteiger partial charge on any atom is 0.251 e. The minimum atomic E-state index is -0.102. The maximum absolute atomic E-state index is 13.0. The molecule has 214 valence electrons. The number of rotatable bonds is 8. The van der Waals surface area contributed by atoms with Crippen LogP contribution in [0.1, 0.15) is 59.8 Å².